The molecule has 0 radical (unpaired) electrons. The minimum absolute atomic E-state index is 0.565. The van der Waals surface area contributed by atoms with Gasteiger partial charge in [0.25, 0.3) is 0 Å². The third kappa shape index (κ3) is 5.87. The molecule has 1 rings (SSSR count). The number of hydrogen-bond donors (Lipinski definition) is 2. The number of nitrogens with zero attached hydrogens (tertiary/aromatic N) is 3. The van der Waals surface area contributed by atoms with E-state index < -0.39 is 0 Å². The van der Waals surface area contributed by atoms with Gasteiger partial charge >= 0.3 is 0 Å². The van der Waals surface area contributed by atoms with Crippen LogP contribution in [0.5, 0.6) is 0 Å². The number of aromatic nitrogens is 2. The summed E-state index contributed by atoms with van der Waals surface area (Å²) in [5.41, 5.74) is 0.980. The van der Waals surface area contributed by atoms with E-state index in [1.807, 2.05) is 13.0 Å². The van der Waals surface area contributed by atoms with Gasteiger partial charge in [0.15, 0.2) is 0 Å². The predicted molar refractivity (Wildman–Crippen MR) is 81.8 cm³/mol. The molecule has 0 saturated carbocycles. The zero-order chi connectivity index (χ0) is 14.3. The van der Waals surface area contributed by atoms with Crippen molar-refractivity contribution in [2.45, 2.75) is 40.2 Å². The zero-order valence-corrected chi connectivity index (χ0v) is 12.8. The van der Waals surface area contributed by atoms with Crippen LogP contribution in [0.3, 0.4) is 0 Å². The molecule has 0 atom stereocenters. The second-order valence-corrected chi connectivity index (χ2v) is 5.15. The summed E-state index contributed by atoms with van der Waals surface area (Å²) in [6.07, 6.45) is 1.07. The highest BCUT2D eigenvalue weighted by atomic mass is 15.2. The van der Waals surface area contributed by atoms with E-state index >= 15 is 0 Å². The molecule has 0 aromatic carbocycles. The second kappa shape index (κ2) is 7.94. The van der Waals surface area contributed by atoms with Crippen molar-refractivity contribution in [2.24, 2.45) is 0 Å². The minimum atomic E-state index is 0.565. The van der Waals surface area contributed by atoms with Crippen LogP contribution in [0.15, 0.2) is 6.07 Å². The van der Waals surface area contributed by atoms with E-state index in [0.29, 0.717) is 12.0 Å². The van der Waals surface area contributed by atoms with Crippen molar-refractivity contribution in [3.8, 4) is 0 Å². The van der Waals surface area contributed by atoms with E-state index in [0.717, 1.165) is 37.6 Å². The number of likely N-dealkylation sites (N-methyl/N-ethyl adjacent to an activating group) is 1. The Labute approximate surface area is 116 Å². The Morgan fingerprint density at radius 3 is 2.58 bits per heavy atom. The lowest BCUT2D eigenvalue weighted by Gasteiger charge is -2.21. The molecule has 0 aliphatic rings. The Hall–Kier alpha value is -1.36. The maximum Gasteiger partial charge on any atom is 0.224 e. The molecule has 5 heteroatoms. The Balaban J connectivity index is 2.51. The van der Waals surface area contributed by atoms with Crippen molar-refractivity contribution in [1.82, 2.24) is 14.9 Å². The van der Waals surface area contributed by atoms with Gasteiger partial charge in [-0.05, 0) is 34.2 Å². The first-order valence-electron chi connectivity index (χ1n) is 7.06. The van der Waals surface area contributed by atoms with Gasteiger partial charge in [0, 0.05) is 37.4 Å². The van der Waals surface area contributed by atoms with E-state index in [1.165, 1.54) is 0 Å². The molecule has 1 aromatic heterocycles. The van der Waals surface area contributed by atoms with Gasteiger partial charge in [-0.15, -0.1) is 0 Å². The van der Waals surface area contributed by atoms with Crippen LogP contribution in [0, 0.1) is 6.92 Å². The first-order valence-corrected chi connectivity index (χ1v) is 7.06. The summed E-state index contributed by atoms with van der Waals surface area (Å²) in [4.78, 5) is 11.1. The average molecular weight is 265 g/mol. The molecule has 0 saturated heterocycles. The van der Waals surface area contributed by atoms with Crippen LogP contribution in [0.4, 0.5) is 11.8 Å². The average Bonchev–Trinajstić information content (AvgIpc) is 2.35. The zero-order valence-electron chi connectivity index (χ0n) is 12.8. The van der Waals surface area contributed by atoms with Gasteiger partial charge < -0.3 is 15.5 Å². The fourth-order valence-electron chi connectivity index (χ4n) is 1.59. The van der Waals surface area contributed by atoms with Crippen molar-refractivity contribution in [3.63, 3.8) is 0 Å². The summed E-state index contributed by atoms with van der Waals surface area (Å²) < 4.78 is 0. The molecule has 1 aromatic rings. The highest BCUT2D eigenvalue weighted by Crippen LogP contribution is 2.09. The van der Waals surface area contributed by atoms with Gasteiger partial charge in [-0.3, -0.25) is 0 Å². The Morgan fingerprint density at radius 1 is 1.21 bits per heavy atom. The van der Waals surface area contributed by atoms with E-state index in [-0.39, 0.29) is 0 Å². The first kappa shape index (κ1) is 15.7. The van der Waals surface area contributed by atoms with Crippen molar-refractivity contribution in [2.75, 3.05) is 37.3 Å². The summed E-state index contributed by atoms with van der Waals surface area (Å²) >= 11 is 0. The van der Waals surface area contributed by atoms with Crippen LogP contribution in [-0.4, -0.2) is 47.6 Å². The number of hydrogen-bond acceptors (Lipinski definition) is 5. The summed E-state index contributed by atoms with van der Waals surface area (Å²) in [7, 11) is 2.13. The normalized spacial score (nSPS) is 11.1. The number of aryl methyl sites for hydroxylation is 1. The lowest BCUT2D eigenvalue weighted by Crippen LogP contribution is -2.31. The molecular weight excluding hydrogens is 238 g/mol. The van der Waals surface area contributed by atoms with Crippen LogP contribution in [0.25, 0.3) is 0 Å². The van der Waals surface area contributed by atoms with Crippen LogP contribution in [-0.2, 0) is 0 Å². The lowest BCUT2D eigenvalue weighted by atomic mass is 10.3. The quantitative estimate of drug-likeness (QED) is 0.755. The van der Waals surface area contributed by atoms with E-state index in [4.69, 9.17) is 0 Å². The highest BCUT2D eigenvalue weighted by Gasteiger charge is 2.04. The molecule has 0 fully saturated rings. The van der Waals surface area contributed by atoms with E-state index in [9.17, 15) is 0 Å². The standard InChI is InChI=1S/C14H27N5/c1-6-7-16-14-17-12(4)10-13(18-14)15-8-9-19(5)11(2)3/h10-11H,6-9H2,1-5H3,(H2,15,16,17,18). The Kier molecular flexibility index (Phi) is 6.56. The molecular formula is C14H27N5. The predicted octanol–water partition coefficient (Wildman–Crippen LogP) is 2.36. The van der Waals surface area contributed by atoms with Gasteiger partial charge in [-0.1, -0.05) is 6.92 Å². The van der Waals surface area contributed by atoms with Gasteiger partial charge in [0.1, 0.15) is 5.82 Å². The third-order valence-electron chi connectivity index (χ3n) is 3.04. The van der Waals surface area contributed by atoms with Gasteiger partial charge in [0.05, 0.1) is 0 Å². The highest BCUT2D eigenvalue weighted by molar-refractivity contribution is 5.42. The molecule has 0 bridgehead atoms. The van der Waals surface area contributed by atoms with E-state index in [1.54, 1.807) is 0 Å². The van der Waals surface area contributed by atoms with Crippen LogP contribution in [0.2, 0.25) is 0 Å². The SMILES string of the molecule is CCCNc1nc(C)cc(NCCN(C)C(C)C)n1. The minimum Gasteiger partial charge on any atom is -0.369 e. The Morgan fingerprint density at radius 2 is 1.95 bits per heavy atom. The van der Waals surface area contributed by atoms with Crippen LogP contribution in [0.1, 0.15) is 32.9 Å². The largest absolute Gasteiger partial charge is 0.369 e. The second-order valence-electron chi connectivity index (χ2n) is 5.15. The van der Waals surface area contributed by atoms with Crippen molar-refractivity contribution in [3.05, 3.63) is 11.8 Å². The maximum atomic E-state index is 4.46. The van der Waals surface area contributed by atoms with Crippen LogP contribution >= 0.6 is 0 Å². The van der Waals surface area contributed by atoms with Crippen molar-refractivity contribution < 1.29 is 0 Å². The fraction of sp³-hybridized carbons (Fsp3) is 0.714. The molecule has 108 valence electrons. The van der Waals surface area contributed by atoms with Crippen molar-refractivity contribution >= 4 is 11.8 Å². The summed E-state index contributed by atoms with van der Waals surface area (Å²) in [5.74, 6) is 1.60. The Bertz CT molecular complexity index is 378. The molecule has 5 nitrogen and oxygen atoms in total. The summed E-state index contributed by atoms with van der Waals surface area (Å²) in [5, 5.41) is 6.58. The molecule has 0 spiro atoms. The van der Waals surface area contributed by atoms with E-state index in [2.05, 4.69) is 53.3 Å². The molecule has 19 heavy (non-hydrogen) atoms. The molecule has 0 aliphatic carbocycles. The maximum absolute atomic E-state index is 4.46. The van der Waals surface area contributed by atoms with Gasteiger partial charge in [-0.25, -0.2) is 4.98 Å². The molecule has 2 N–H and O–H groups in total. The van der Waals surface area contributed by atoms with Gasteiger partial charge in [-0.2, -0.15) is 4.98 Å². The monoisotopic (exact) mass is 265 g/mol. The smallest absolute Gasteiger partial charge is 0.224 e. The van der Waals surface area contributed by atoms with Gasteiger partial charge in [0.2, 0.25) is 5.95 Å². The summed E-state index contributed by atoms with van der Waals surface area (Å²) in [6.45, 7) is 11.3. The lowest BCUT2D eigenvalue weighted by molar-refractivity contribution is 0.284. The molecule has 0 aliphatic heterocycles. The summed E-state index contributed by atoms with van der Waals surface area (Å²) in [6, 6.07) is 2.54. The molecule has 0 unspecified atom stereocenters. The number of nitrogens with one attached hydrogen (secondary N) is 2. The van der Waals surface area contributed by atoms with Crippen molar-refractivity contribution in [1.29, 1.82) is 0 Å². The first-order chi connectivity index (χ1) is 9.02. The number of anilines is 2. The molecule has 1 heterocycles. The topological polar surface area (TPSA) is 53.1 Å². The van der Waals surface area contributed by atoms with Crippen LogP contribution < -0.4 is 10.6 Å². The number of rotatable bonds is 8. The third-order valence-corrected chi connectivity index (χ3v) is 3.04. The molecule has 0 amide bonds. The fourth-order valence-corrected chi connectivity index (χ4v) is 1.59.